The van der Waals surface area contributed by atoms with Crippen molar-refractivity contribution < 1.29 is 4.39 Å². The zero-order valence-electron chi connectivity index (χ0n) is 8.34. The molecule has 0 spiro atoms. The van der Waals surface area contributed by atoms with E-state index >= 15 is 0 Å². The molecule has 0 aliphatic rings. The molecule has 0 saturated carbocycles. The van der Waals surface area contributed by atoms with Gasteiger partial charge in [-0.25, -0.2) is 4.39 Å². The molecule has 4 heteroatoms. The van der Waals surface area contributed by atoms with Crippen molar-refractivity contribution in [1.29, 1.82) is 0 Å². The van der Waals surface area contributed by atoms with Crippen LogP contribution in [0.4, 0.5) is 4.39 Å². The van der Waals surface area contributed by atoms with E-state index in [1.54, 1.807) is 24.4 Å². The van der Waals surface area contributed by atoms with Crippen LogP contribution in [0.1, 0.15) is 5.56 Å². The van der Waals surface area contributed by atoms with Crippen LogP contribution in [0.15, 0.2) is 41.3 Å². The number of H-pyrrole nitrogens is 1. The topological polar surface area (TPSA) is 32.9 Å². The van der Waals surface area contributed by atoms with Crippen LogP contribution in [0.25, 0.3) is 11.1 Å². The average Bonchev–Trinajstić information content (AvgIpc) is 2.31. The zero-order valence-corrected chi connectivity index (χ0v) is 9.92. The minimum absolute atomic E-state index is 0.109. The lowest BCUT2D eigenvalue weighted by atomic mass is 10.1. The maximum absolute atomic E-state index is 12.7. The number of aromatic nitrogens is 1. The summed E-state index contributed by atoms with van der Waals surface area (Å²) in [6.45, 7) is 0. The number of pyridine rings is 1. The van der Waals surface area contributed by atoms with Gasteiger partial charge in [0.1, 0.15) is 5.82 Å². The highest BCUT2D eigenvalue weighted by Gasteiger charge is 2.02. The fourth-order valence-corrected chi connectivity index (χ4v) is 1.86. The molecule has 0 bridgehead atoms. The largest absolute Gasteiger partial charge is 0.328 e. The van der Waals surface area contributed by atoms with Crippen molar-refractivity contribution in [2.75, 3.05) is 0 Å². The molecule has 0 saturated heterocycles. The van der Waals surface area contributed by atoms with Gasteiger partial charge in [0.15, 0.2) is 0 Å². The minimum atomic E-state index is -0.270. The molecule has 0 aliphatic heterocycles. The van der Waals surface area contributed by atoms with Crippen molar-refractivity contribution in [2.24, 2.45) is 0 Å². The van der Waals surface area contributed by atoms with Gasteiger partial charge in [0.25, 0.3) is 5.56 Å². The van der Waals surface area contributed by atoms with Crippen molar-refractivity contribution >= 4 is 15.9 Å². The molecule has 1 N–H and O–H groups in total. The molecule has 1 aromatic carbocycles. The van der Waals surface area contributed by atoms with Crippen LogP contribution in [-0.2, 0) is 5.33 Å². The first-order valence-corrected chi connectivity index (χ1v) is 5.86. The van der Waals surface area contributed by atoms with E-state index in [0.29, 0.717) is 10.9 Å². The van der Waals surface area contributed by atoms with Crippen LogP contribution in [0, 0.1) is 5.82 Å². The van der Waals surface area contributed by atoms with E-state index in [2.05, 4.69) is 20.9 Å². The number of benzene rings is 1. The second kappa shape index (κ2) is 4.61. The molecular weight excluding hydrogens is 273 g/mol. The van der Waals surface area contributed by atoms with Crippen LogP contribution >= 0.6 is 15.9 Å². The third-order valence-electron chi connectivity index (χ3n) is 2.30. The standard InChI is InChI=1S/C12H9BrFNO/c13-6-9-5-10(7-15-12(9)16)8-1-3-11(14)4-2-8/h1-5,7H,6H2,(H,15,16). The molecule has 2 nitrogen and oxygen atoms in total. The number of hydrogen-bond donors (Lipinski definition) is 1. The molecule has 82 valence electrons. The third-order valence-corrected chi connectivity index (χ3v) is 2.91. The van der Waals surface area contributed by atoms with E-state index in [-0.39, 0.29) is 11.4 Å². The van der Waals surface area contributed by atoms with Crippen LogP contribution < -0.4 is 5.56 Å². The van der Waals surface area contributed by atoms with E-state index in [4.69, 9.17) is 0 Å². The number of nitrogens with one attached hydrogen (secondary N) is 1. The molecule has 16 heavy (non-hydrogen) atoms. The van der Waals surface area contributed by atoms with Crippen molar-refractivity contribution in [1.82, 2.24) is 4.98 Å². The molecule has 0 unspecified atom stereocenters. The smallest absolute Gasteiger partial charge is 0.252 e. The molecule has 1 aromatic heterocycles. The van der Waals surface area contributed by atoms with E-state index in [0.717, 1.165) is 11.1 Å². The number of alkyl halides is 1. The Morgan fingerprint density at radius 2 is 1.88 bits per heavy atom. The van der Waals surface area contributed by atoms with Crippen LogP contribution in [0.3, 0.4) is 0 Å². The maximum atomic E-state index is 12.7. The van der Waals surface area contributed by atoms with Crippen molar-refractivity contribution in [2.45, 2.75) is 5.33 Å². The van der Waals surface area contributed by atoms with Gasteiger partial charge in [0.2, 0.25) is 0 Å². The minimum Gasteiger partial charge on any atom is -0.328 e. The summed E-state index contributed by atoms with van der Waals surface area (Å²) in [6.07, 6.45) is 1.63. The van der Waals surface area contributed by atoms with Gasteiger partial charge < -0.3 is 4.98 Å². The van der Waals surface area contributed by atoms with Gasteiger partial charge in [-0.3, -0.25) is 4.79 Å². The van der Waals surface area contributed by atoms with E-state index < -0.39 is 0 Å². The highest BCUT2D eigenvalue weighted by molar-refractivity contribution is 9.08. The van der Waals surface area contributed by atoms with Crippen LogP contribution in [0.5, 0.6) is 0 Å². The normalized spacial score (nSPS) is 10.4. The first-order chi connectivity index (χ1) is 7.70. The number of rotatable bonds is 2. The number of aromatic amines is 1. The van der Waals surface area contributed by atoms with Gasteiger partial charge in [0.05, 0.1) is 0 Å². The Bertz CT molecular complexity index is 548. The lowest BCUT2D eigenvalue weighted by Crippen LogP contribution is -2.10. The predicted molar refractivity (Wildman–Crippen MR) is 65.1 cm³/mol. The van der Waals surface area contributed by atoms with Crippen molar-refractivity contribution in [3.8, 4) is 11.1 Å². The van der Waals surface area contributed by atoms with E-state index in [1.807, 2.05) is 0 Å². The van der Waals surface area contributed by atoms with Crippen molar-refractivity contribution in [3.05, 3.63) is 58.3 Å². The first-order valence-electron chi connectivity index (χ1n) is 4.74. The highest BCUT2D eigenvalue weighted by Crippen LogP contribution is 2.19. The summed E-state index contributed by atoms with van der Waals surface area (Å²) < 4.78 is 12.7. The Balaban J connectivity index is 2.48. The quantitative estimate of drug-likeness (QED) is 0.844. The summed E-state index contributed by atoms with van der Waals surface area (Å²) in [5.41, 5.74) is 2.29. The third kappa shape index (κ3) is 2.22. The average molecular weight is 282 g/mol. The number of hydrogen-bond acceptors (Lipinski definition) is 1. The molecule has 2 aromatic rings. The fraction of sp³-hybridized carbons (Fsp3) is 0.0833. The van der Waals surface area contributed by atoms with Gasteiger partial charge in [-0.2, -0.15) is 0 Å². The highest BCUT2D eigenvalue weighted by atomic mass is 79.9. The molecular formula is C12H9BrFNO. The lowest BCUT2D eigenvalue weighted by molar-refractivity contribution is 0.628. The fourth-order valence-electron chi connectivity index (χ4n) is 1.44. The van der Waals surface area contributed by atoms with Crippen LogP contribution in [-0.4, -0.2) is 4.98 Å². The molecule has 2 rings (SSSR count). The maximum Gasteiger partial charge on any atom is 0.252 e. The van der Waals surface area contributed by atoms with E-state index in [9.17, 15) is 9.18 Å². The molecule has 1 heterocycles. The molecule has 0 fully saturated rings. The SMILES string of the molecule is O=c1[nH]cc(-c2ccc(F)cc2)cc1CBr. The van der Waals surface area contributed by atoms with Gasteiger partial charge in [0, 0.05) is 17.1 Å². The Morgan fingerprint density at radius 1 is 1.19 bits per heavy atom. The Morgan fingerprint density at radius 3 is 2.50 bits per heavy atom. The van der Waals surface area contributed by atoms with Gasteiger partial charge >= 0.3 is 0 Å². The predicted octanol–water partition coefficient (Wildman–Crippen LogP) is 3.08. The Hall–Kier alpha value is -1.42. The van der Waals surface area contributed by atoms with E-state index in [1.165, 1.54) is 12.1 Å². The summed E-state index contributed by atoms with van der Waals surface area (Å²) >= 11 is 3.25. The summed E-state index contributed by atoms with van der Waals surface area (Å²) in [5.74, 6) is -0.270. The summed E-state index contributed by atoms with van der Waals surface area (Å²) in [4.78, 5) is 14.0. The van der Waals surface area contributed by atoms with Gasteiger partial charge in [-0.15, -0.1) is 0 Å². The zero-order chi connectivity index (χ0) is 11.5. The lowest BCUT2D eigenvalue weighted by Gasteiger charge is -2.02. The van der Waals surface area contributed by atoms with Gasteiger partial charge in [-0.05, 0) is 29.3 Å². The van der Waals surface area contributed by atoms with Crippen molar-refractivity contribution in [3.63, 3.8) is 0 Å². The second-order valence-corrected chi connectivity index (χ2v) is 3.94. The van der Waals surface area contributed by atoms with Gasteiger partial charge in [-0.1, -0.05) is 28.1 Å². The summed E-state index contributed by atoms with van der Waals surface area (Å²) in [7, 11) is 0. The first kappa shape index (κ1) is 11.1. The molecule has 0 amide bonds. The summed E-state index contributed by atoms with van der Waals surface area (Å²) in [6, 6.07) is 7.95. The number of halogens is 2. The summed E-state index contributed by atoms with van der Waals surface area (Å²) in [5, 5.41) is 0.497. The van der Waals surface area contributed by atoms with Crippen LogP contribution in [0.2, 0.25) is 0 Å². The Labute approximate surface area is 100 Å². The molecule has 0 radical (unpaired) electrons. The molecule has 0 atom stereocenters. The molecule has 0 aliphatic carbocycles. The second-order valence-electron chi connectivity index (χ2n) is 3.38. The Kier molecular flexibility index (Phi) is 3.19. The monoisotopic (exact) mass is 281 g/mol.